The Morgan fingerprint density at radius 2 is 1.88 bits per heavy atom. The second-order valence-corrected chi connectivity index (χ2v) is 6.56. The molecule has 1 N–H and O–H groups in total. The van der Waals surface area contributed by atoms with Crippen molar-refractivity contribution in [2.75, 3.05) is 5.32 Å². The van der Waals surface area contributed by atoms with E-state index in [9.17, 15) is 4.79 Å². The SMILES string of the molecule is Cc1nn(Cc2ccccc2Cl)c(C)c1NC(=O)c1nn(C)cc1Cl. The quantitative estimate of drug-likeness (QED) is 0.750. The number of anilines is 1. The maximum Gasteiger partial charge on any atom is 0.277 e. The van der Waals surface area contributed by atoms with Crippen LogP contribution in [0.4, 0.5) is 5.69 Å². The molecule has 6 nitrogen and oxygen atoms in total. The zero-order chi connectivity index (χ0) is 18.1. The van der Waals surface area contributed by atoms with E-state index >= 15 is 0 Å². The van der Waals surface area contributed by atoms with Crippen LogP contribution in [-0.2, 0) is 13.6 Å². The highest BCUT2D eigenvalue weighted by Crippen LogP contribution is 2.24. The van der Waals surface area contributed by atoms with Gasteiger partial charge in [-0.1, -0.05) is 41.4 Å². The molecule has 0 spiro atoms. The van der Waals surface area contributed by atoms with Gasteiger partial charge in [0.25, 0.3) is 5.91 Å². The number of hydrogen-bond acceptors (Lipinski definition) is 3. The molecule has 0 atom stereocenters. The Hall–Kier alpha value is -2.31. The Morgan fingerprint density at radius 3 is 2.52 bits per heavy atom. The number of aryl methyl sites for hydroxylation is 2. The van der Waals surface area contributed by atoms with Crippen LogP contribution in [0.1, 0.15) is 27.4 Å². The van der Waals surface area contributed by atoms with Crippen LogP contribution in [0.5, 0.6) is 0 Å². The Kier molecular flexibility index (Phi) is 4.83. The average molecular weight is 378 g/mol. The van der Waals surface area contributed by atoms with Crippen LogP contribution in [-0.4, -0.2) is 25.5 Å². The molecule has 8 heteroatoms. The van der Waals surface area contributed by atoms with Crippen LogP contribution < -0.4 is 5.32 Å². The lowest BCUT2D eigenvalue weighted by Gasteiger charge is -2.08. The highest BCUT2D eigenvalue weighted by molar-refractivity contribution is 6.34. The number of hydrogen-bond donors (Lipinski definition) is 1. The summed E-state index contributed by atoms with van der Waals surface area (Å²) in [4.78, 5) is 12.4. The van der Waals surface area contributed by atoms with Crippen LogP contribution in [0.25, 0.3) is 0 Å². The number of halogens is 2. The molecule has 3 rings (SSSR count). The number of aromatic nitrogens is 4. The van der Waals surface area contributed by atoms with Crippen molar-refractivity contribution in [2.24, 2.45) is 7.05 Å². The molecule has 0 fully saturated rings. The summed E-state index contributed by atoms with van der Waals surface area (Å²) < 4.78 is 3.31. The highest BCUT2D eigenvalue weighted by Gasteiger charge is 2.19. The number of nitrogens with zero attached hydrogens (tertiary/aromatic N) is 4. The van der Waals surface area contributed by atoms with Crippen LogP contribution in [0, 0.1) is 13.8 Å². The molecular weight excluding hydrogens is 361 g/mol. The fourth-order valence-electron chi connectivity index (χ4n) is 2.61. The van der Waals surface area contributed by atoms with Crippen molar-refractivity contribution in [1.82, 2.24) is 19.6 Å². The lowest BCUT2D eigenvalue weighted by atomic mass is 10.2. The summed E-state index contributed by atoms with van der Waals surface area (Å²) in [5.41, 5.74) is 3.34. The summed E-state index contributed by atoms with van der Waals surface area (Å²) in [6, 6.07) is 7.60. The number of nitrogens with one attached hydrogen (secondary N) is 1. The van der Waals surface area contributed by atoms with Gasteiger partial charge in [-0.15, -0.1) is 0 Å². The lowest BCUT2D eigenvalue weighted by molar-refractivity contribution is 0.102. The molecule has 0 unspecified atom stereocenters. The largest absolute Gasteiger partial charge is 0.317 e. The molecule has 0 aliphatic rings. The van der Waals surface area contributed by atoms with E-state index in [0.29, 0.717) is 28.0 Å². The van der Waals surface area contributed by atoms with E-state index in [2.05, 4.69) is 15.5 Å². The van der Waals surface area contributed by atoms with Crippen LogP contribution >= 0.6 is 23.2 Å². The van der Waals surface area contributed by atoms with Crippen molar-refractivity contribution < 1.29 is 4.79 Å². The van der Waals surface area contributed by atoms with Crippen molar-refractivity contribution in [3.05, 3.63) is 63.2 Å². The minimum absolute atomic E-state index is 0.182. The molecular formula is C17H17Cl2N5O. The molecule has 0 bridgehead atoms. The molecule has 2 aromatic heterocycles. The molecule has 0 aliphatic heterocycles. The van der Waals surface area contributed by atoms with Crippen LogP contribution in [0.3, 0.4) is 0 Å². The lowest BCUT2D eigenvalue weighted by Crippen LogP contribution is -2.15. The van der Waals surface area contributed by atoms with Gasteiger partial charge in [-0.3, -0.25) is 14.2 Å². The van der Waals surface area contributed by atoms with Gasteiger partial charge in [0.15, 0.2) is 5.69 Å². The normalized spacial score (nSPS) is 10.9. The average Bonchev–Trinajstić information content (AvgIpc) is 3.03. The number of carbonyl (C=O) groups excluding carboxylic acids is 1. The summed E-state index contributed by atoms with van der Waals surface area (Å²) in [5.74, 6) is -0.367. The van der Waals surface area contributed by atoms with Gasteiger partial charge in [-0.2, -0.15) is 10.2 Å². The van der Waals surface area contributed by atoms with Gasteiger partial charge in [-0.25, -0.2) is 0 Å². The van der Waals surface area contributed by atoms with Gasteiger partial charge in [0.05, 0.1) is 28.6 Å². The maximum atomic E-state index is 12.4. The number of benzene rings is 1. The summed E-state index contributed by atoms with van der Waals surface area (Å²) in [6.07, 6.45) is 1.58. The molecule has 0 radical (unpaired) electrons. The number of rotatable bonds is 4. The van der Waals surface area contributed by atoms with Gasteiger partial charge in [0.2, 0.25) is 0 Å². The minimum Gasteiger partial charge on any atom is -0.317 e. The Balaban J connectivity index is 1.86. The Labute approximate surface area is 155 Å². The summed E-state index contributed by atoms with van der Waals surface area (Å²) >= 11 is 12.3. The predicted molar refractivity (Wildman–Crippen MR) is 98.4 cm³/mol. The fourth-order valence-corrected chi connectivity index (χ4v) is 3.07. The van der Waals surface area contributed by atoms with Gasteiger partial charge >= 0.3 is 0 Å². The third-order valence-corrected chi connectivity index (χ3v) is 4.54. The highest BCUT2D eigenvalue weighted by atomic mass is 35.5. The third kappa shape index (κ3) is 3.55. The van der Waals surface area contributed by atoms with Crippen molar-refractivity contribution in [3.63, 3.8) is 0 Å². The maximum absolute atomic E-state index is 12.4. The topological polar surface area (TPSA) is 64.7 Å². The van der Waals surface area contributed by atoms with Crippen LogP contribution in [0.2, 0.25) is 10.0 Å². The first-order valence-electron chi connectivity index (χ1n) is 7.64. The van der Waals surface area contributed by atoms with Crippen molar-refractivity contribution in [1.29, 1.82) is 0 Å². The molecule has 0 saturated carbocycles. The van der Waals surface area contributed by atoms with Crippen LogP contribution in [0.15, 0.2) is 30.5 Å². The van der Waals surface area contributed by atoms with Crippen molar-refractivity contribution in [3.8, 4) is 0 Å². The van der Waals surface area contributed by atoms with Gasteiger partial charge < -0.3 is 5.32 Å². The molecule has 1 amide bonds. The first kappa shape index (κ1) is 17.5. The van der Waals surface area contributed by atoms with Gasteiger partial charge in [-0.05, 0) is 25.5 Å². The molecule has 25 heavy (non-hydrogen) atoms. The van der Waals surface area contributed by atoms with E-state index < -0.39 is 0 Å². The second-order valence-electron chi connectivity index (χ2n) is 5.75. The molecule has 130 valence electrons. The van der Waals surface area contributed by atoms with E-state index in [1.807, 2.05) is 42.8 Å². The zero-order valence-electron chi connectivity index (χ0n) is 14.0. The molecule has 0 aliphatic carbocycles. The van der Waals surface area contributed by atoms with Gasteiger partial charge in [0, 0.05) is 18.3 Å². The number of amides is 1. The molecule has 3 aromatic rings. The first-order chi connectivity index (χ1) is 11.9. The van der Waals surface area contributed by atoms with E-state index in [-0.39, 0.29) is 11.6 Å². The molecule has 0 saturated heterocycles. The summed E-state index contributed by atoms with van der Waals surface area (Å²) in [5, 5.41) is 12.4. The third-order valence-electron chi connectivity index (χ3n) is 3.90. The Morgan fingerprint density at radius 1 is 1.16 bits per heavy atom. The monoisotopic (exact) mass is 377 g/mol. The molecule has 2 heterocycles. The van der Waals surface area contributed by atoms with Gasteiger partial charge in [0.1, 0.15) is 0 Å². The standard InChI is InChI=1S/C17H17Cl2N5O/c1-10-15(20-17(25)16-14(19)9-23(3)22-16)11(2)24(21-10)8-12-6-4-5-7-13(12)18/h4-7,9H,8H2,1-3H3,(H,20,25). The second kappa shape index (κ2) is 6.90. The van der Waals surface area contributed by atoms with E-state index in [1.165, 1.54) is 4.68 Å². The molecule has 1 aromatic carbocycles. The number of carbonyl (C=O) groups is 1. The van der Waals surface area contributed by atoms with E-state index in [0.717, 1.165) is 11.3 Å². The van der Waals surface area contributed by atoms with E-state index in [1.54, 1.807) is 13.2 Å². The Bertz CT molecular complexity index is 945. The summed E-state index contributed by atoms with van der Waals surface area (Å²) in [7, 11) is 1.71. The van der Waals surface area contributed by atoms with Crippen molar-refractivity contribution in [2.45, 2.75) is 20.4 Å². The van der Waals surface area contributed by atoms with E-state index in [4.69, 9.17) is 23.2 Å². The minimum atomic E-state index is -0.367. The zero-order valence-corrected chi connectivity index (χ0v) is 15.6. The predicted octanol–water partition coefficient (Wildman–Crippen LogP) is 3.84. The fraction of sp³-hybridized carbons (Fsp3) is 0.235. The first-order valence-corrected chi connectivity index (χ1v) is 8.40. The van der Waals surface area contributed by atoms with Crippen molar-refractivity contribution >= 4 is 34.8 Å². The smallest absolute Gasteiger partial charge is 0.277 e. The summed E-state index contributed by atoms with van der Waals surface area (Å²) in [6.45, 7) is 4.25.